The number of amides is 1. The Morgan fingerprint density at radius 3 is 2.58 bits per heavy atom. The third kappa shape index (κ3) is 4.31. The minimum atomic E-state index is -3.54. The number of benzene rings is 1. The Hall–Kier alpha value is -2.19. The van der Waals surface area contributed by atoms with Crippen molar-refractivity contribution in [1.29, 1.82) is 0 Å². The molecule has 0 atom stereocenters. The van der Waals surface area contributed by atoms with Crippen molar-refractivity contribution in [3.63, 3.8) is 0 Å². The summed E-state index contributed by atoms with van der Waals surface area (Å²) in [6, 6.07) is 8.26. The van der Waals surface area contributed by atoms with Gasteiger partial charge in [-0.1, -0.05) is 29.8 Å². The van der Waals surface area contributed by atoms with Gasteiger partial charge >= 0.3 is 0 Å². The van der Waals surface area contributed by atoms with Gasteiger partial charge in [0.25, 0.3) is 10.0 Å². The second-order valence-corrected chi connectivity index (χ2v) is 8.53. The van der Waals surface area contributed by atoms with E-state index < -0.39 is 10.0 Å². The zero-order chi connectivity index (χ0) is 18.6. The van der Waals surface area contributed by atoms with E-state index in [1.807, 2.05) is 6.92 Å². The maximum Gasteiger partial charge on any atom is 0.260 e. The molecule has 0 radical (unpaired) electrons. The molecule has 26 heavy (non-hydrogen) atoms. The third-order valence-electron chi connectivity index (χ3n) is 4.75. The van der Waals surface area contributed by atoms with Gasteiger partial charge in [0.15, 0.2) is 5.03 Å². The molecule has 2 aromatic rings. The average Bonchev–Trinajstić information content (AvgIpc) is 3.19. The fourth-order valence-corrected chi connectivity index (χ4v) is 4.48. The van der Waals surface area contributed by atoms with E-state index >= 15 is 0 Å². The predicted molar refractivity (Wildman–Crippen MR) is 98.0 cm³/mol. The number of piperidine rings is 1. The lowest BCUT2D eigenvalue weighted by molar-refractivity contribution is -0.126. The van der Waals surface area contributed by atoms with Crippen LogP contribution >= 0.6 is 0 Å². The smallest absolute Gasteiger partial charge is 0.260 e. The van der Waals surface area contributed by atoms with Crippen LogP contribution in [-0.2, 0) is 21.2 Å². The number of nitrogens with one attached hydrogen (secondary N) is 2. The van der Waals surface area contributed by atoms with E-state index in [0.29, 0.717) is 32.5 Å². The van der Waals surface area contributed by atoms with Crippen LogP contribution in [0.2, 0.25) is 0 Å². The number of H-pyrrole nitrogens is 1. The van der Waals surface area contributed by atoms with Crippen molar-refractivity contribution in [2.75, 3.05) is 19.6 Å². The molecular formula is C18H24N4O3S. The summed E-state index contributed by atoms with van der Waals surface area (Å²) >= 11 is 0. The highest BCUT2D eigenvalue weighted by Gasteiger charge is 2.32. The van der Waals surface area contributed by atoms with E-state index in [0.717, 1.165) is 6.42 Å². The summed E-state index contributed by atoms with van der Waals surface area (Å²) in [6.45, 7) is 3.33. The summed E-state index contributed by atoms with van der Waals surface area (Å²) in [5, 5.41) is 3.07. The molecule has 7 nitrogen and oxygen atoms in total. The number of carbonyl (C=O) groups excluding carboxylic acids is 1. The number of aromatic nitrogens is 2. The Kier molecular flexibility index (Phi) is 5.73. The highest BCUT2D eigenvalue weighted by molar-refractivity contribution is 7.89. The molecule has 1 aliphatic rings. The molecular weight excluding hydrogens is 352 g/mol. The third-order valence-corrected chi connectivity index (χ3v) is 6.57. The van der Waals surface area contributed by atoms with Gasteiger partial charge in [-0.05, 0) is 31.7 Å². The number of hydrogen-bond donors (Lipinski definition) is 2. The van der Waals surface area contributed by atoms with Gasteiger partial charge in [-0.15, -0.1) is 0 Å². The van der Waals surface area contributed by atoms with Crippen molar-refractivity contribution in [3.8, 4) is 0 Å². The van der Waals surface area contributed by atoms with Crippen LogP contribution in [0.25, 0.3) is 0 Å². The molecule has 140 valence electrons. The zero-order valence-corrected chi connectivity index (χ0v) is 15.6. The molecule has 0 aliphatic carbocycles. The molecule has 2 heterocycles. The van der Waals surface area contributed by atoms with Gasteiger partial charge in [0.1, 0.15) is 0 Å². The predicted octanol–water partition coefficient (Wildman–Crippen LogP) is 1.48. The standard InChI is InChI=1S/C18H24N4O3S/c1-14-2-4-15(5-3-14)6-9-20-18(23)16-7-10-22(11-8-16)26(24,25)17-12-19-13-21-17/h2-5,12-13,16H,6-11H2,1H3,(H,19,21)(H,20,23). The molecule has 2 N–H and O–H groups in total. The zero-order valence-electron chi connectivity index (χ0n) is 14.8. The maximum atomic E-state index is 12.4. The molecule has 0 saturated carbocycles. The van der Waals surface area contributed by atoms with Crippen molar-refractivity contribution in [1.82, 2.24) is 19.6 Å². The van der Waals surface area contributed by atoms with Crippen LogP contribution in [0.3, 0.4) is 0 Å². The van der Waals surface area contributed by atoms with Crippen LogP contribution in [0.5, 0.6) is 0 Å². The van der Waals surface area contributed by atoms with E-state index in [9.17, 15) is 13.2 Å². The maximum absolute atomic E-state index is 12.4. The first-order valence-electron chi connectivity index (χ1n) is 8.78. The Labute approximate surface area is 153 Å². The molecule has 1 aromatic heterocycles. The van der Waals surface area contributed by atoms with Crippen LogP contribution in [-0.4, -0.2) is 48.2 Å². The first-order chi connectivity index (χ1) is 12.5. The summed E-state index contributed by atoms with van der Waals surface area (Å²) in [6.07, 6.45) is 4.51. The summed E-state index contributed by atoms with van der Waals surface area (Å²) in [7, 11) is -3.54. The van der Waals surface area contributed by atoms with Crippen LogP contribution in [0.15, 0.2) is 41.8 Å². The lowest BCUT2D eigenvalue weighted by atomic mass is 9.97. The topological polar surface area (TPSA) is 95.2 Å². The van der Waals surface area contributed by atoms with Gasteiger partial charge in [0.2, 0.25) is 5.91 Å². The van der Waals surface area contributed by atoms with Crippen LogP contribution in [0.1, 0.15) is 24.0 Å². The highest BCUT2D eigenvalue weighted by Crippen LogP contribution is 2.22. The van der Waals surface area contributed by atoms with Gasteiger partial charge in [-0.3, -0.25) is 4.79 Å². The summed E-state index contributed by atoms with van der Waals surface area (Å²) in [4.78, 5) is 18.7. The lowest BCUT2D eigenvalue weighted by Gasteiger charge is -2.30. The summed E-state index contributed by atoms with van der Waals surface area (Å²) in [5.74, 6) is -0.128. The molecule has 8 heteroatoms. The van der Waals surface area contributed by atoms with Crippen molar-refractivity contribution >= 4 is 15.9 Å². The largest absolute Gasteiger partial charge is 0.356 e. The Morgan fingerprint density at radius 1 is 1.27 bits per heavy atom. The number of aromatic amines is 1. The van der Waals surface area contributed by atoms with Gasteiger partial charge in [-0.25, -0.2) is 13.4 Å². The van der Waals surface area contributed by atoms with E-state index in [2.05, 4.69) is 39.6 Å². The minimum Gasteiger partial charge on any atom is -0.356 e. The van der Waals surface area contributed by atoms with Crippen LogP contribution in [0, 0.1) is 12.8 Å². The molecule has 0 spiro atoms. The van der Waals surface area contributed by atoms with Crippen LogP contribution < -0.4 is 5.32 Å². The van der Waals surface area contributed by atoms with E-state index in [4.69, 9.17) is 0 Å². The monoisotopic (exact) mass is 376 g/mol. The fourth-order valence-electron chi connectivity index (χ4n) is 3.11. The molecule has 1 amide bonds. The molecule has 1 aromatic carbocycles. The highest BCUT2D eigenvalue weighted by atomic mass is 32.2. The number of nitrogens with zero attached hydrogens (tertiary/aromatic N) is 2. The van der Waals surface area contributed by atoms with E-state index in [-0.39, 0.29) is 16.9 Å². The number of rotatable bonds is 6. The van der Waals surface area contributed by atoms with Crippen LogP contribution in [0.4, 0.5) is 0 Å². The van der Waals surface area contributed by atoms with E-state index in [1.165, 1.54) is 28.0 Å². The number of sulfonamides is 1. The van der Waals surface area contributed by atoms with Gasteiger partial charge in [0.05, 0.1) is 12.5 Å². The Bertz CT molecular complexity index is 824. The Morgan fingerprint density at radius 2 is 1.96 bits per heavy atom. The molecule has 0 bridgehead atoms. The van der Waals surface area contributed by atoms with E-state index in [1.54, 1.807) is 0 Å². The SMILES string of the molecule is Cc1ccc(CCNC(=O)C2CCN(S(=O)(=O)c3cnc[nH]3)CC2)cc1. The quantitative estimate of drug-likeness (QED) is 0.798. The number of hydrogen-bond acceptors (Lipinski definition) is 4. The number of imidazole rings is 1. The number of aryl methyl sites for hydroxylation is 1. The van der Waals surface area contributed by atoms with Crippen molar-refractivity contribution < 1.29 is 13.2 Å². The average molecular weight is 376 g/mol. The van der Waals surface area contributed by atoms with Gasteiger partial charge in [-0.2, -0.15) is 4.31 Å². The minimum absolute atomic E-state index is 0.00991. The molecule has 1 fully saturated rings. The molecule has 0 unspecified atom stereocenters. The number of carbonyl (C=O) groups is 1. The van der Waals surface area contributed by atoms with Crippen molar-refractivity contribution in [3.05, 3.63) is 47.9 Å². The Balaban J connectivity index is 1.45. The molecule has 3 rings (SSSR count). The fraction of sp³-hybridized carbons (Fsp3) is 0.444. The first-order valence-corrected chi connectivity index (χ1v) is 10.2. The summed E-state index contributed by atoms with van der Waals surface area (Å²) < 4.78 is 26.3. The molecule has 1 aliphatic heterocycles. The molecule has 1 saturated heterocycles. The lowest BCUT2D eigenvalue weighted by Crippen LogP contribution is -2.43. The normalized spacial score (nSPS) is 16.5. The summed E-state index contributed by atoms with van der Waals surface area (Å²) in [5.41, 5.74) is 2.41. The van der Waals surface area contributed by atoms with Gasteiger partial charge < -0.3 is 10.3 Å². The second kappa shape index (κ2) is 8.01. The first kappa shape index (κ1) is 18.6. The van der Waals surface area contributed by atoms with Gasteiger partial charge in [0, 0.05) is 25.6 Å². The second-order valence-electron chi connectivity index (χ2n) is 6.62. The van der Waals surface area contributed by atoms with Crippen molar-refractivity contribution in [2.24, 2.45) is 5.92 Å². The van der Waals surface area contributed by atoms with Crippen molar-refractivity contribution in [2.45, 2.75) is 31.2 Å².